The first-order chi connectivity index (χ1) is 13.7. The van der Waals surface area contributed by atoms with Crippen molar-refractivity contribution in [3.8, 4) is 5.75 Å². The first-order valence-corrected chi connectivity index (χ1v) is 9.72. The molecule has 2 aromatic carbocycles. The number of benzene rings is 2. The van der Waals surface area contributed by atoms with Crippen LogP contribution in [0.3, 0.4) is 0 Å². The van der Waals surface area contributed by atoms with Crippen molar-refractivity contribution >= 4 is 50.3 Å². The summed E-state index contributed by atoms with van der Waals surface area (Å²) in [5.41, 5.74) is 0.174. The van der Waals surface area contributed by atoms with Crippen molar-refractivity contribution < 1.29 is 9.66 Å². The van der Waals surface area contributed by atoms with Gasteiger partial charge in [0, 0.05) is 21.1 Å². The van der Waals surface area contributed by atoms with Crippen LogP contribution in [0.25, 0.3) is 10.9 Å². The normalized spacial score (nSPS) is 11.5. The number of aromatic nitrogens is 2. The Morgan fingerprint density at radius 3 is 2.72 bits per heavy atom. The maximum atomic E-state index is 12.9. The molecule has 0 radical (unpaired) electrons. The fourth-order valence-electron chi connectivity index (χ4n) is 2.71. The average molecular weight is 480 g/mol. The number of ether oxygens (including phenoxy) is 1. The van der Waals surface area contributed by atoms with Gasteiger partial charge >= 0.3 is 5.69 Å². The topological polar surface area (TPSA) is 99.6 Å². The number of nitro benzene ring substituents is 1. The van der Waals surface area contributed by atoms with E-state index in [4.69, 9.17) is 16.3 Å². The van der Waals surface area contributed by atoms with Crippen LogP contribution < -0.4 is 10.3 Å². The summed E-state index contributed by atoms with van der Waals surface area (Å²) in [4.78, 5) is 28.1. The summed E-state index contributed by atoms with van der Waals surface area (Å²) < 4.78 is 7.49. The van der Waals surface area contributed by atoms with Crippen molar-refractivity contribution in [1.82, 2.24) is 9.66 Å². The highest BCUT2D eigenvalue weighted by atomic mass is 79.9. The van der Waals surface area contributed by atoms with E-state index >= 15 is 0 Å². The van der Waals surface area contributed by atoms with E-state index < -0.39 is 4.92 Å². The van der Waals surface area contributed by atoms with Gasteiger partial charge in [-0.25, -0.2) is 4.98 Å². The van der Waals surface area contributed by atoms with E-state index in [1.807, 2.05) is 0 Å². The fraction of sp³-hybridized carbons (Fsp3) is 0.211. The van der Waals surface area contributed by atoms with Crippen molar-refractivity contribution in [2.45, 2.75) is 26.9 Å². The molecule has 0 unspecified atom stereocenters. The molecule has 10 heteroatoms. The Hall–Kier alpha value is -2.78. The molecule has 0 aliphatic carbocycles. The van der Waals surface area contributed by atoms with Crippen LogP contribution in [-0.2, 0) is 0 Å². The molecule has 0 bridgehead atoms. The molecular formula is C19H16BrClN4O4. The highest BCUT2D eigenvalue weighted by Gasteiger charge is 2.21. The third kappa shape index (κ3) is 4.46. The number of rotatable bonds is 5. The fourth-order valence-corrected chi connectivity index (χ4v) is 3.29. The van der Waals surface area contributed by atoms with Gasteiger partial charge in [0.25, 0.3) is 5.56 Å². The first kappa shape index (κ1) is 20.9. The molecule has 29 heavy (non-hydrogen) atoms. The molecule has 0 atom stereocenters. The Balaban J connectivity index is 2.17. The third-order valence-electron chi connectivity index (χ3n) is 3.90. The quantitative estimate of drug-likeness (QED) is 0.300. The van der Waals surface area contributed by atoms with Crippen LogP contribution in [0.4, 0.5) is 5.69 Å². The smallest absolute Gasteiger partial charge is 0.313 e. The lowest BCUT2D eigenvalue weighted by molar-refractivity contribution is -0.386. The maximum absolute atomic E-state index is 12.9. The summed E-state index contributed by atoms with van der Waals surface area (Å²) in [6, 6.07) is 7.89. The van der Waals surface area contributed by atoms with Gasteiger partial charge in [0.2, 0.25) is 5.75 Å². The lowest BCUT2D eigenvalue weighted by Gasteiger charge is -2.13. The van der Waals surface area contributed by atoms with Gasteiger partial charge in [-0.1, -0.05) is 27.5 Å². The predicted octanol–water partition coefficient (Wildman–Crippen LogP) is 4.70. The summed E-state index contributed by atoms with van der Waals surface area (Å²) in [6.07, 6.45) is 0.988. The van der Waals surface area contributed by atoms with Crippen molar-refractivity contribution in [3.05, 3.63) is 71.7 Å². The van der Waals surface area contributed by atoms with Gasteiger partial charge in [0.15, 0.2) is 0 Å². The van der Waals surface area contributed by atoms with Crippen molar-refractivity contribution in [1.29, 1.82) is 0 Å². The van der Waals surface area contributed by atoms with Crippen LogP contribution in [-0.4, -0.2) is 26.9 Å². The Bertz CT molecular complexity index is 1210. The standard InChI is InChI=1S/C19H16BrClN4O4/c1-10(2)29-18-12(6-14(21)8-17(18)25(27)28)9-22-24-11(3)23-16-5-4-13(20)7-15(16)19(24)26/h4-10H,1-3H3. The molecule has 0 saturated carbocycles. The number of nitro groups is 1. The van der Waals surface area contributed by atoms with E-state index in [9.17, 15) is 14.9 Å². The summed E-state index contributed by atoms with van der Waals surface area (Å²) in [5.74, 6) is 0.393. The number of hydrogen-bond acceptors (Lipinski definition) is 6. The minimum atomic E-state index is -0.576. The summed E-state index contributed by atoms with van der Waals surface area (Å²) >= 11 is 9.37. The van der Waals surface area contributed by atoms with E-state index in [2.05, 4.69) is 26.0 Å². The second kappa shape index (κ2) is 8.30. The number of nitrogens with zero attached hydrogens (tertiary/aromatic N) is 4. The molecule has 0 fully saturated rings. The van der Waals surface area contributed by atoms with Gasteiger partial charge in [-0.2, -0.15) is 9.78 Å². The Morgan fingerprint density at radius 1 is 1.34 bits per heavy atom. The highest BCUT2D eigenvalue weighted by molar-refractivity contribution is 9.10. The van der Waals surface area contributed by atoms with E-state index in [1.165, 1.54) is 18.3 Å². The number of hydrogen-bond donors (Lipinski definition) is 0. The zero-order chi connectivity index (χ0) is 21.3. The van der Waals surface area contributed by atoms with Gasteiger partial charge in [0.05, 0.1) is 28.1 Å². The van der Waals surface area contributed by atoms with Crippen molar-refractivity contribution in [2.24, 2.45) is 5.10 Å². The van der Waals surface area contributed by atoms with Crippen LogP contribution in [0.15, 0.2) is 44.7 Å². The number of halogens is 2. The molecule has 0 aliphatic heterocycles. The zero-order valence-corrected chi connectivity index (χ0v) is 18.1. The Morgan fingerprint density at radius 2 is 2.07 bits per heavy atom. The van der Waals surface area contributed by atoms with E-state index in [-0.39, 0.29) is 33.7 Å². The molecule has 1 heterocycles. The predicted molar refractivity (Wildman–Crippen MR) is 115 cm³/mol. The van der Waals surface area contributed by atoms with Gasteiger partial charge < -0.3 is 4.74 Å². The molecule has 8 nitrogen and oxygen atoms in total. The molecule has 0 N–H and O–H groups in total. The number of fused-ring (bicyclic) bond motifs is 1. The van der Waals surface area contributed by atoms with Gasteiger partial charge in [-0.05, 0) is 45.0 Å². The molecule has 0 aliphatic rings. The van der Waals surface area contributed by atoms with Gasteiger partial charge in [0.1, 0.15) is 5.82 Å². The maximum Gasteiger partial charge on any atom is 0.313 e. The first-order valence-electron chi connectivity index (χ1n) is 8.55. The van der Waals surface area contributed by atoms with Gasteiger partial charge in [-0.15, -0.1) is 0 Å². The van der Waals surface area contributed by atoms with Gasteiger partial charge in [-0.3, -0.25) is 14.9 Å². The lowest BCUT2D eigenvalue weighted by atomic mass is 10.2. The molecule has 0 saturated heterocycles. The Kier molecular flexibility index (Phi) is 5.99. The SMILES string of the molecule is Cc1nc2ccc(Br)cc2c(=O)n1N=Cc1cc(Cl)cc([N+](=O)[O-])c1OC(C)C. The van der Waals surface area contributed by atoms with Crippen LogP contribution >= 0.6 is 27.5 Å². The van der Waals surface area contributed by atoms with Crippen LogP contribution in [0.1, 0.15) is 25.2 Å². The summed E-state index contributed by atoms with van der Waals surface area (Å²) in [7, 11) is 0. The average Bonchev–Trinajstić information content (AvgIpc) is 2.63. The van der Waals surface area contributed by atoms with Crippen molar-refractivity contribution in [3.63, 3.8) is 0 Å². The largest absolute Gasteiger partial charge is 0.484 e. The van der Waals surface area contributed by atoms with E-state index in [0.29, 0.717) is 16.7 Å². The second-order valence-corrected chi connectivity index (χ2v) is 7.80. The number of aryl methyl sites for hydroxylation is 1. The lowest BCUT2D eigenvalue weighted by Crippen LogP contribution is -2.20. The molecule has 1 aromatic heterocycles. The molecule has 0 spiro atoms. The molecule has 150 valence electrons. The molecule has 3 aromatic rings. The molecule has 0 amide bonds. The Labute approximate surface area is 179 Å². The monoisotopic (exact) mass is 478 g/mol. The van der Waals surface area contributed by atoms with Crippen LogP contribution in [0.5, 0.6) is 5.75 Å². The van der Waals surface area contributed by atoms with E-state index in [0.717, 1.165) is 9.15 Å². The van der Waals surface area contributed by atoms with Crippen LogP contribution in [0.2, 0.25) is 5.02 Å². The summed E-state index contributed by atoms with van der Waals surface area (Å²) in [6.45, 7) is 5.14. The molecular weight excluding hydrogens is 464 g/mol. The third-order valence-corrected chi connectivity index (χ3v) is 4.61. The summed E-state index contributed by atoms with van der Waals surface area (Å²) in [5, 5.41) is 16.2. The van der Waals surface area contributed by atoms with Crippen LogP contribution in [0, 0.1) is 17.0 Å². The second-order valence-electron chi connectivity index (χ2n) is 6.45. The van der Waals surface area contributed by atoms with Crippen molar-refractivity contribution in [2.75, 3.05) is 0 Å². The van der Waals surface area contributed by atoms with E-state index in [1.54, 1.807) is 39.0 Å². The highest BCUT2D eigenvalue weighted by Crippen LogP contribution is 2.34. The minimum Gasteiger partial charge on any atom is -0.484 e. The minimum absolute atomic E-state index is 0.0281. The molecule has 3 rings (SSSR count). The zero-order valence-electron chi connectivity index (χ0n) is 15.7.